The highest BCUT2D eigenvalue weighted by Gasteiger charge is 2.26. The first-order valence-electron chi connectivity index (χ1n) is 10.7. The van der Waals surface area contributed by atoms with Crippen LogP contribution in [0.5, 0.6) is 5.75 Å². The van der Waals surface area contributed by atoms with E-state index in [0.29, 0.717) is 44.7 Å². The minimum Gasteiger partial charge on any atom is -0.494 e. The van der Waals surface area contributed by atoms with E-state index in [0.717, 1.165) is 16.9 Å². The van der Waals surface area contributed by atoms with Crippen molar-refractivity contribution in [2.24, 2.45) is 0 Å². The Bertz CT molecular complexity index is 1090. The molecular formula is C24H26F2N4O2. The number of aromatic nitrogens is 2. The molecular weight excluding hydrogens is 414 g/mol. The van der Waals surface area contributed by atoms with Crippen LogP contribution in [-0.4, -0.2) is 58.8 Å². The fraction of sp³-hybridized carbons (Fsp3) is 0.333. The zero-order valence-corrected chi connectivity index (χ0v) is 18.2. The highest BCUT2D eigenvalue weighted by molar-refractivity contribution is 5.95. The Morgan fingerprint density at radius 1 is 1.06 bits per heavy atom. The monoisotopic (exact) mass is 440 g/mol. The summed E-state index contributed by atoms with van der Waals surface area (Å²) in [5, 5.41) is 4.39. The molecule has 4 rings (SSSR count). The minimum absolute atomic E-state index is 0.0506. The standard InChI is InChI=1S/C24H26F2N4O2/c1-3-22-20(15-27-30(22)19-7-5-18(25)6-8-19)24(31)29-12-10-28(11-13-29)16-17-4-9-23(32-2)21(26)14-17/h4-9,14-15H,3,10-13,16H2,1-2H3. The molecule has 8 heteroatoms. The van der Waals surface area contributed by atoms with E-state index in [-0.39, 0.29) is 23.3 Å². The van der Waals surface area contributed by atoms with E-state index in [1.165, 1.54) is 25.3 Å². The van der Waals surface area contributed by atoms with Crippen molar-refractivity contribution < 1.29 is 18.3 Å². The molecule has 0 radical (unpaired) electrons. The predicted octanol–water partition coefficient (Wildman–Crippen LogP) is 3.68. The van der Waals surface area contributed by atoms with Crippen LogP contribution in [0.3, 0.4) is 0 Å². The Balaban J connectivity index is 1.41. The lowest BCUT2D eigenvalue weighted by atomic mass is 10.1. The maximum absolute atomic E-state index is 14.0. The van der Waals surface area contributed by atoms with Gasteiger partial charge in [-0.1, -0.05) is 13.0 Å². The van der Waals surface area contributed by atoms with Crippen molar-refractivity contribution in [1.82, 2.24) is 19.6 Å². The van der Waals surface area contributed by atoms with Crippen LogP contribution in [0, 0.1) is 11.6 Å². The quantitative estimate of drug-likeness (QED) is 0.587. The number of piperazine rings is 1. The molecule has 2 heterocycles. The van der Waals surface area contributed by atoms with E-state index < -0.39 is 0 Å². The number of carbonyl (C=O) groups excluding carboxylic acids is 1. The van der Waals surface area contributed by atoms with Crippen molar-refractivity contribution in [1.29, 1.82) is 0 Å². The Morgan fingerprint density at radius 3 is 2.41 bits per heavy atom. The van der Waals surface area contributed by atoms with Gasteiger partial charge < -0.3 is 9.64 Å². The molecule has 168 valence electrons. The van der Waals surface area contributed by atoms with Crippen molar-refractivity contribution in [3.63, 3.8) is 0 Å². The summed E-state index contributed by atoms with van der Waals surface area (Å²) in [6, 6.07) is 11.0. The molecule has 1 fully saturated rings. The second kappa shape index (κ2) is 9.48. The van der Waals surface area contributed by atoms with Gasteiger partial charge in [0, 0.05) is 32.7 Å². The smallest absolute Gasteiger partial charge is 0.257 e. The van der Waals surface area contributed by atoms with E-state index in [9.17, 15) is 13.6 Å². The van der Waals surface area contributed by atoms with Gasteiger partial charge >= 0.3 is 0 Å². The summed E-state index contributed by atoms with van der Waals surface area (Å²) in [4.78, 5) is 17.2. The van der Waals surface area contributed by atoms with Crippen LogP contribution in [-0.2, 0) is 13.0 Å². The van der Waals surface area contributed by atoms with E-state index in [4.69, 9.17) is 4.74 Å². The molecule has 1 amide bonds. The predicted molar refractivity (Wildman–Crippen MR) is 117 cm³/mol. The number of amides is 1. The number of halogens is 2. The highest BCUT2D eigenvalue weighted by atomic mass is 19.1. The first-order valence-corrected chi connectivity index (χ1v) is 10.7. The van der Waals surface area contributed by atoms with E-state index in [2.05, 4.69) is 10.00 Å². The van der Waals surface area contributed by atoms with Crippen molar-refractivity contribution in [3.05, 3.63) is 77.1 Å². The Hall–Kier alpha value is -3.26. The lowest BCUT2D eigenvalue weighted by Gasteiger charge is -2.34. The number of benzene rings is 2. The zero-order chi connectivity index (χ0) is 22.7. The molecule has 32 heavy (non-hydrogen) atoms. The summed E-state index contributed by atoms with van der Waals surface area (Å²) in [6.07, 6.45) is 2.22. The van der Waals surface area contributed by atoms with Crippen LogP contribution in [0.1, 0.15) is 28.5 Å². The highest BCUT2D eigenvalue weighted by Crippen LogP contribution is 2.21. The fourth-order valence-electron chi connectivity index (χ4n) is 4.04. The summed E-state index contributed by atoms with van der Waals surface area (Å²) in [7, 11) is 1.45. The summed E-state index contributed by atoms with van der Waals surface area (Å²) in [5.74, 6) is -0.503. The van der Waals surface area contributed by atoms with Crippen molar-refractivity contribution >= 4 is 5.91 Å². The van der Waals surface area contributed by atoms with Gasteiger partial charge in [-0.2, -0.15) is 5.10 Å². The van der Waals surface area contributed by atoms with Gasteiger partial charge in [0.2, 0.25) is 0 Å². The number of hydrogen-bond donors (Lipinski definition) is 0. The van der Waals surface area contributed by atoms with Gasteiger partial charge in [-0.25, -0.2) is 13.5 Å². The second-order valence-corrected chi connectivity index (χ2v) is 7.78. The Kier molecular flexibility index (Phi) is 6.50. The van der Waals surface area contributed by atoms with Crippen LogP contribution in [0.25, 0.3) is 5.69 Å². The van der Waals surface area contributed by atoms with Gasteiger partial charge in [-0.05, 0) is 48.4 Å². The van der Waals surface area contributed by atoms with Crippen LogP contribution in [0.2, 0.25) is 0 Å². The molecule has 1 saturated heterocycles. The van der Waals surface area contributed by atoms with Gasteiger partial charge in [0.25, 0.3) is 5.91 Å². The Labute approximate surface area is 186 Å². The molecule has 1 aliphatic heterocycles. The molecule has 2 aromatic carbocycles. The number of ether oxygens (including phenoxy) is 1. The third kappa shape index (κ3) is 4.50. The van der Waals surface area contributed by atoms with Crippen LogP contribution in [0.4, 0.5) is 8.78 Å². The molecule has 1 aliphatic rings. The summed E-state index contributed by atoms with van der Waals surface area (Å²) >= 11 is 0. The van der Waals surface area contributed by atoms with E-state index in [1.54, 1.807) is 29.1 Å². The van der Waals surface area contributed by atoms with Crippen molar-refractivity contribution in [2.45, 2.75) is 19.9 Å². The number of hydrogen-bond acceptors (Lipinski definition) is 4. The maximum Gasteiger partial charge on any atom is 0.257 e. The maximum atomic E-state index is 14.0. The molecule has 6 nitrogen and oxygen atoms in total. The number of methoxy groups -OCH3 is 1. The molecule has 0 saturated carbocycles. The lowest BCUT2D eigenvalue weighted by molar-refractivity contribution is 0.0627. The van der Waals surface area contributed by atoms with Gasteiger partial charge in [-0.3, -0.25) is 9.69 Å². The third-order valence-electron chi connectivity index (χ3n) is 5.79. The number of rotatable bonds is 6. The molecule has 0 bridgehead atoms. The van der Waals surface area contributed by atoms with E-state index in [1.807, 2.05) is 17.9 Å². The van der Waals surface area contributed by atoms with Gasteiger partial charge in [0.15, 0.2) is 11.6 Å². The lowest BCUT2D eigenvalue weighted by Crippen LogP contribution is -2.48. The normalized spacial score (nSPS) is 14.6. The summed E-state index contributed by atoms with van der Waals surface area (Å²) in [5.41, 5.74) is 2.97. The molecule has 0 aliphatic carbocycles. The SMILES string of the molecule is CCc1c(C(=O)N2CCN(Cc3ccc(OC)c(F)c3)CC2)cnn1-c1ccc(F)cc1. The topological polar surface area (TPSA) is 50.6 Å². The minimum atomic E-state index is -0.371. The molecule has 0 atom stereocenters. The second-order valence-electron chi connectivity index (χ2n) is 7.78. The fourth-order valence-corrected chi connectivity index (χ4v) is 4.04. The number of carbonyl (C=O) groups is 1. The van der Waals surface area contributed by atoms with Gasteiger partial charge in [-0.15, -0.1) is 0 Å². The largest absolute Gasteiger partial charge is 0.494 e. The van der Waals surface area contributed by atoms with Crippen LogP contribution >= 0.6 is 0 Å². The van der Waals surface area contributed by atoms with E-state index >= 15 is 0 Å². The zero-order valence-electron chi connectivity index (χ0n) is 18.2. The molecule has 0 unspecified atom stereocenters. The first-order chi connectivity index (χ1) is 15.5. The number of nitrogens with zero attached hydrogens (tertiary/aromatic N) is 4. The van der Waals surface area contributed by atoms with Crippen molar-refractivity contribution in [3.8, 4) is 11.4 Å². The Morgan fingerprint density at radius 2 is 1.78 bits per heavy atom. The third-order valence-corrected chi connectivity index (χ3v) is 5.79. The molecule has 0 spiro atoms. The molecule has 3 aromatic rings. The van der Waals surface area contributed by atoms with Crippen molar-refractivity contribution in [2.75, 3.05) is 33.3 Å². The average Bonchev–Trinajstić information content (AvgIpc) is 3.24. The first kappa shape index (κ1) is 22.0. The van der Waals surface area contributed by atoms with Crippen LogP contribution in [0.15, 0.2) is 48.7 Å². The summed E-state index contributed by atoms with van der Waals surface area (Å²) < 4.78 is 33.9. The van der Waals surface area contributed by atoms with Gasteiger partial charge in [0.05, 0.1) is 30.3 Å². The van der Waals surface area contributed by atoms with Gasteiger partial charge in [0.1, 0.15) is 5.82 Å². The molecule has 0 N–H and O–H groups in total. The average molecular weight is 440 g/mol. The molecule has 1 aromatic heterocycles. The van der Waals surface area contributed by atoms with Crippen LogP contribution < -0.4 is 4.74 Å². The summed E-state index contributed by atoms with van der Waals surface area (Å²) in [6.45, 7) is 5.16.